The van der Waals surface area contributed by atoms with Crippen LogP contribution in [0, 0.1) is 6.92 Å². The highest BCUT2D eigenvalue weighted by atomic mass is 32.2. The van der Waals surface area contributed by atoms with Gasteiger partial charge in [-0.05, 0) is 37.1 Å². The summed E-state index contributed by atoms with van der Waals surface area (Å²) < 4.78 is 25.6. The third-order valence-electron chi connectivity index (χ3n) is 6.42. The van der Waals surface area contributed by atoms with Gasteiger partial charge in [0.15, 0.2) is 9.84 Å². The molecule has 0 bridgehead atoms. The van der Waals surface area contributed by atoms with Gasteiger partial charge in [-0.1, -0.05) is 68.9 Å². The molecule has 33 heavy (non-hydrogen) atoms. The molecule has 0 fully saturated rings. The molecule has 5 nitrogen and oxygen atoms in total. The predicted molar refractivity (Wildman–Crippen MR) is 138 cm³/mol. The summed E-state index contributed by atoms with van der Waals surface area (Å²) in [4.78, 5) is 7.48. The first-order valence-electron chi connectivity index (χ1n) is 12.2. The molecule has 0 spiro atoms. The molecule has 2 heterocycles. The zero-order valence-electron chi connectivity index (χ0n) is 19.8. The van der Waals surface area contributed by atoms with E-state index < -0.39 is 9.84 Å². The van der Waals surface area contributed by atoms with Gasteiger partial charge in [-0.2, -0.15) is 0 Å². The van der Waals surface area contributed by atoms with Gasteiger partial charge in [-0.25, -0.2) is 13.4 Å². The Balaban J connectivity index is 1.59. The van der Waals surface area contributed by atoms with E-state index in [0.29, 0.717) is 18.0 Å². The van der Waals surface area contributed by atoms with E-state index in [1.165, 1.54) is 37.7 Å². The van der Waals surface area contributed by atoms with Crippen LogP contribution in [0.3, 0.4) is 0 Å². The number of fused-ring (bicyclic) bond motifs is 2. The number of rotatable bonds is 9. The maximum atomic E-state index is 12.8. The zero-order valence-corrected chi connectivity index (χ0v) is 20.6. The van der Waals surface area contributed by atoms with Gasteiger partial charge in [0, 0.05) is 36.8 Å². The molecular weight excluding hydrogens is 430 g/mol. The van der Waals surface area contributed by atoms with Crippen molar-refractivity contribution in [3.63, 3.8) is 0 Å². The summed E-state index contributed by atoms with van der Waals surface area (Å²) in [5, 5.41) is 4.77. The van der Waals surface area contributed by atoms with Crippen molar-refractivity contribution in [1.29, 1.82) is 0 Å². The van der Waals surface area contributed by atoms with E-state index >= 15 is 0 Å². The fourth-order valence-electron chi connectivity index (χ4n) is 4.52. The lowest BCUT2D eigenvalue weighted by molar-refractivity contribution is 0.596. The topological polar surface area (TPSA) is 62.3 Å². The van der Waals surface area contributed by atoms with Crippen LogP contribution in [0.2, 0.25) is 0 Å². The molecule has 0 saturated carbocycles. The van der Waals surface area contributed by atoms with Crippen molar-refractivity contribution in [2.24, 2.45) is 0 Å². The Morgan fingerprint density at radius 1 is 1.00 bits per heavy atom. The Kier molecular flexibility index (Phi) is 7.53. The van der Waals surface area contributed by atoms with Crippen molar-refractivity contribution in [2.45, 2.75) is 63.8 Å². The van der Waals surface area contributed by atoms with Crippen LogP contribution in [0.15, 0.2) is 53.4 Å². The minimum Gasteiger partial charge on any atom is -0.384 e. The molecule has 176 valence electrons. The smallest absolute Gasteiger partial charge is 0.180 e. The van der Waals surface area contributed by atoms with Crippen molar-refractivity contribution < 1.29 is 8.42 Å². The van der Waals surface area contributed by atoms with E-state index in [2.05, 4.69) is 48.3 Å². The number of unbranched alkanes of at least 4 members (excludes halogenated alkanes) is 5. The van der Waals surface area contributed by atoms with Gasteiger partial charge >= 0.3 is 0 Å². The molecular formula is C27H35N3O2S. The van der Waals surface area contributed by atoms with Gasteiger partial charge in [0.05, 0.1) is 16.2 Å². The standard InChI is InChI=1S/C27H35N3O2S/c1-3-4-5-6-7-10-15-28-25-19-27(29-24-14-13-21(2)18-23(24)25)30-16-17-33(31,32)26-12-9-8-11-22(26)20-30/h8-9,11-14,18-19H,3-7,10,15-17,20H2,1-2H3,(H,28,29). The average Bonchev–Trinajstić information content (AvgIpc) is 2.94. The molecule has 1 aliphatic rings. The molecule has 1 aromatic heterocycles. The number of nitrogens with one attached hydrogen (secondary N) is 1. The van der Waals surface area contributed by atoms with E-state index in [1.807, 2.05) is 12.1 Å². The monoisotopic (exact) mass is 465 g/mol. The highest BCUT2D eigenvalue weighted by Gasteiger charge is 2.26. The molecule has 0 aliphatic carbocycles. The minimum atomic E-state index is -3.29. The number of nitrogens with zero attached hydrogens (tertiary/aromatic N) is 2. The fourth-order valence-corrected chi connectivity index (χ4v) is 6.02. The molecule has 2 aromatic carbocycles. The number of hydrogen-bond donors (Lipinski definition) is 1. The molecule has 6 heteroatoms. The SMILES string of the molecule is CCCCCCCCNc1cc(N2CCS(=O)(=O)c3ccccc3C2)nc2ccc(C)cc12. The highest BCUT2D eigenvalue weighted by molar-refractivity contribution is 7.91. The summed E-state index contributed by atoms with van der Waals surface area (Å²) in [5.74, 6) is 0.918. The maximum absolute atomic E-state index is 12.8. The number of aryl methyl sites for hydroxylation is 1. The van der Waals surface area contributed by atoms with Gasteiger partial charge in [0.2, 0.25) is 0 Å². The van der Waals surface area contributed by atoms with E-state index in [4.69, 9.17) is 4.98 Å². The molecule has 0 atom stereocenters. The van der Waals surface area contributed by atoms with Crippen molar-refractivity contribution in [3.05, 3.63) is 59.7 Å². The molecule has 4 rings (SSSR count). The first-order valence-corrected chi connectivity index (χ1v) is 13.8. The molecule has 3 aromatic rings. The lowest BCUT2D eigenvalue weighted by atomic mass is 10.1. The largest absolute Gasteiger partial charge is 0.384 e. The highest BCUT2D eigenvalue weighted by Crippen LogP contribution is 2.31. The number of pyridine rings is 1. The Bertz CT molecular complexity index is 1210. The maximum Gasteiger partial charge on any atom is 0.180 e. The van der Waals surface area contributed by atoms with E-state index in [9.17, 15) is 8.42 Å². The molecule has 0 radical (unpaired) electrons. The summed E-state index contributed by atoms with van der Waals surface area (Å²) in [6.07, 6.45) is 7.58. The van der Waals surface area contributed by atoms with E-state index in [-0.39, 0.29) is 5.75 Å². The van der Waals surface area contributed by atoms with Crippen LogP contribution in [-0.2, 0) is 16.4 Å². The Labute approximate surface area is 198 Å². The van der Waals surface area contributed by atoms with Gasteiger partial charge < -0.3 is 10.2 Å². The van der Waals surface area contributed by atoms with Crippen LogP contribution < -0.4 is 10.2 Å². The summed E-state index contributed by atoms with van der Waals surface area (Å²) in [6.45, 7) is 6.24. The van der Waals surface area contributed by atoms with Gasteiger partial charge in [0.1, 0.15) is 5.82 Å². The summed E-state index contributed by atoms with van der Waals surface area (Å²) in [5.41, 5.74) is 4.05. The fraction of sp³-hybridized carbons (Fsp3) is 0.444. The normalized spacial score (nSPS) is 15.3. The Hall–Kier alpha value is -2.60. The third-order valence-corrected chi connectivity index (χ3v) is 8.21. The van der Waals surface area contributed by atoms with Crippen LogP contribution in [0.4, 0.5) is 11.5 Å². The first-order chi connectivity index (χ1) is 16.0. The second-order valence-electron chi connectivity index (χ2n) is 9.09. The van der Waals surface area contributed by atoms with Gasteiger partial charge in [-0.3, -0.25) is 0 Å². The second-order valence-corrected chi connectivity index (χ2v) is 11.2. The van der Waals surface area contributed by atoms with Crippen LogP contribution in [-0.4, -0.2) is 32.2 Å². The summed E-state index contributed by atoms with van der Waals surface area (Å²) >= 11 is 0. The van der Waals surface area contributed by atoms with E-state index in [1.54, 1.807) is 12.1 Å². The minimum absolute atomic E-state index is 0.0954. The Morgan fingerprint density at radius 3 is 2.64 bits per heavy atom. The molecule has 1 N–H and O–H groups in total. The van der Waals surface area contributed by atoms with Crippen molar-refractivity contribution in [3.8, 4) is 0 Å². The van der Waals surface area contributed by atoms with Crippen molar-refractivity contribution in [2.75, 3.05) is 29.1 Å². The first kappa shape index (κ1) is 23.6. The lowest BCUT2D eigenvalue weighted by Crippen LogP contribution is -2.26. The molecule has 0 amide bonds. The predicted octanol–water partition coefficient (Wildman–Crippen LogP) is 6.11. The van der Waals surface area contributed by atoms with Crippen molar-refractivity contribution >= 4 is 32.2 Å². The van der Waals surface area contributed by atoms with E-state index in [0.717, 1.165) is 40.9 Å². The van der Waals surface area contributed by atoms with Crippen molar-refractivity contribution in [1.82, 2.24) is 4.98 Å². The number of benzene rings is 2. The molecule has 0 saturated heterocycles. The van der Waals surface area contributed by atoms with Crippen LogP contribution in [0.5, 0.6) is 0 Å². The lowest BCUT2D eigenvalue weighted by Gasteiger charge is -2.23. The van der Waals surface area contributed by atoms with Crippen LogP contribution >= 0.6 is 0 Å². The molecule has 0 unspecified atom stereocenters. The average molecular weight is 466 g/mol. The number of hydrogen-bond acceptors (Lipinski definition) is 5. The second kappa shape index (κ2) is 10.6. The van der Waals surface area contributed by atoms with Gasteiger partial charge in [-0.15, -0.1) is 0 Å². The third kappa shape index (κ3) is 5.67. The summed E-state index contributed by atoms with van der Waals surface area (Å²) in [7, 11) is -3.29. The number of anilines is 2. The van der Waals surface area contributed by atoms with Crippen LogP contribution in [0.25, 0.3) is 10.9 Å². The number of aromatic nitrogens is 1. The van der Waals surface area contributed by atoms with Crippen LogP contribution in [0.1, 0.15) is 56.6 Å². The Morgan fingerprint density at radius 2 is 1.79 bits per heavy atom. The summed E-state index contributed by atoms with van der Waals surface area (Å²) in [6, 6.07) is 15.8. The van der Waals surface area contributed by atoms with Gasteiger partial charge in [0.25, 0.3) is 0 Å². The zero-order chi connectivity index (χ0) is 23.3. The quantitative estimate of drug-likeness (QED) is 0.386. The molecule has 1 aliphatic heterocycles. The number of sulfone groups is 1.